The predicted molar refractivity (Wildman–Crippen MR) is 85.5 cm³/mol. The van der Waals surface area contributed by atoms with E-state index in [2.05, 4.69) is 17.3 Å². The van der Waals surface area contributed by atoms with Crippen molar-refractivity contribution in [2.45, 2.75) is 31.8 Å². The third-order valence-electron chi connectivity index (χ3n) is 4.92. The Bertz CT molecular complexity index is 599. The van der Waals surface area contributed by atoms with E-state index in [9.17, 15) is 9.59 Å². The Morgan fingerprint density at radius 2 is 2.17 bits per heavy atom. The zero-order chi connectivity index (χ0) is 16.6. The monoisotopic (exact) mass is 319 g/mol. The van der Waals surface area contributed by atoms with Crippen LogP contribution in [0.1, 0.15) is 31.4 Å². The van der Waals surface area contributed by atoms with Crippen LogP contribution in [-0.2, 0) is 16.6 Å². The molecule has 0 bridgehead atoms. The molecule has 0 aromatic carbocycles. The summed E-state index contributed by atoms with van der Waals surface area (Å²) in [7, 11) is 3.64. The summed E-state index contributed by atoms with van der Waals surface area (Å²) in [5.41, 5.74) is 0.935. The highest BCUT2D eigenvalue weighted by Gasteiger charge is 2.41. The van der Waals surface area contributed by atoms with Crippen LogP contribution in [0, 0.1) is 5.92 Å². The van der Waals surface area contributed by atoms with Gasteiger partial charge in [-0.25, -0.2) is 0 Å². The van der Waals surface area contributed by atoms with E-state index >= 15 is 0 Å². The summed E-state index contributed by atoms with van der Waals surface area (Å²) < 4.78 is 1.72. The molecule has 3 rings (SSSR count). The summed E-state index contributed by atoms with van der Waals surface area (Å²) in [6.07, 6.45) is 4.71. The van der Waals surface area contributed by atoms with Crippen molar-refractivity contribution in [3.8, 4) is 0 Å². The summed E-state index contributed by atoms with van der Waals surface area (Å²) in [6, 6.07) is 0.0927. The fourth-order valence-corrected chi connectivity index (χ4v) is 3.71. The number of piperidine rings is 1. The minimum atomic E-state index is -0.220. The van der Waals surface area contributed by atoms with E-state index in [4.69, 9.17) is 0 Å². The molecule has 1 aromatic rings. The van der Waals surface area contributed by atoms with E-state index in [1.807, 2.05) is 18.1 Å². The number of aromatic nitrogens is 2. The lowest BCUT2D eigenvalue weighted by Crippen LogP contribution is -2.55. The van der Waals surface area contributed by atoms with Crippen molar-refractivity contribution in [2.75, 3.05) is 26.7 Å². The topological polar surface area (TPSA) is 70.5 Å². The molecule has 126 valence electrons. The number of amides is 2. The van der Waals surface area contributed by atoms with Crippen molar-refractivity contribution in [1.29, 1.82) is 0 Å². The van der Waals surface area contributed by atoms with Gasteiger partial charge in [0.1, 0.15) is 0 Å². The Balaban J connectivity index is 1.85. The second kappa shape index (κ2) is 6.31. The number of carbonyl (C=O) groups is 2. The van der Waals surface area contributed by atoms with Gasteiger partial charge < -0.3 is 15.1 Å². The Morgan fingerprint density at radius 1 is 1.39 bits per heavy atom. The van der Waals surface area contributed by atoms with Gasteiger partial charge in [-0.3, -0.25) is 14.3 Å². The van der Waals surface area contributed by atoms with Gasteiger partial charge in [0.25, 0.3) is 0 Å². The molecular formula is C16H25N5O2. The number of likely N-dealkylation sites (tertiary alicyclic amines) is 1. The molecule has 23 heavy (non-hydrogen) atoms. The van der Waals surface area contributed by atoms with Gasteiger partial charge in [0.05, 0.1) is 18.2 Å². The molecule has 7 nitrogen and oxygen atoms in total. The molecular weight excluding hydrogens is 294 g/mol. The zero-order valence-electron chi connectivity index (χ0n) is 14.0. The van der Waals surface area contributed by atoms with Crippen LogP contribution in [0.4, 0.5) is 0 Å². The highest BCUT2D eigenvalue weighted by atomic mass is 16.2. The number of hydrogen-bond donors (Lipinski definition) is 1. The third-order valence-corrected chi connectivity index (χ3v) is 4.92. The van der Waals surface area contributed by atoms with E-state index < -0.39 is 0 Å². The summed E-state index contributed by atoms with van der Waals surface area (Å²) in [6.45, 7) is 4.38. The fraction of sp³-hybridized carbons (Fsp3) is 0.688. The lowest BCUT2D eigenvalue weighted by molar-refractivity contribution is -0.147. The standard InChI is InChI=1S/C16H25N5O2/c1-11-9-21(7-6-17-11)16(23)13-4-5-14(22)20(3)15(13)12-8-18-19(2)10-12/h8,10-11,13,15,17H,4-7,9H2,1-3H3/t11-,13-,15+/m1/s1. The average molecular weight is 319 g/mol. The number of carbonyl (C=O) groups excluding carboxylic acids is 2. The number of nitrogens with zero attached hydrogens (tertiary/aromatic N) is 4. The van der Waals surface area contributed by atoms with Crippen LogP contribution < -0.4 is 5.32 Å². The Labute approximate surface area is 136 Å². The SMILES string of the molecule is C[C@@H]1CN(C(=O)[C@@H]2CCC(=O)N(C)[C@H]2c2cnn(C)c2)CCN1. The molecule has 0 aliphatic carbocycles. The Kier molecular flexibility index (Phi) is 4.39. The van der Waals surface area contributed by atoms with Crippen molar-refractivity contribution in [2.24, 2.45) is 13.0 Å². The summed E-state index contributed by atoms with van der Waals surface area (Å²) in [5.74, 6) is 0.0651. The van der Waals surface area contributed by atoms with Crippen molar-refractivity contribution in [1.82, 2.24) is 24.9 Å². The van der Waals surface area contributed by atoms with E-state index in [1.165, 1.54) is 0 Å². The smallest absolute Gasteiger partial charge is 0.228 e. The molecule has 0 radical (unpaired) electrons. The minimum absolute atomic E-state index is 0.0941. The maximum atomic E-state index is 13.1. The number of hydrogen-bond acceptors (Lipinski definition) is 4. The first-order chi connectivity index (χ1) is 11.0. The van der Waals surface area contributed by atoms with Crippen LogP contribution in [-0.4, -0.2) is 64.1 Å². The van der Waals surface area contributed by atoms with E-state index in [-0.39, 0.29) is 23.8 Å². The molecule has 0 saturated carbocycles. The van der Waals surface area contributed by atoms with Crippen molar-refractivity contribution in [3.63, 3.8) is 0 Å². The predicted octanol–water partition coefficient (Wildman–Crippen LogP) is 0.150. The van der Waals surface area contributed by atoms with Gasteiger partial charge in [0.2, 0.25) is 11.8 Å². The molecule has 2 aliphatic rings. The molecule has 3 atom stereocenters. The number of nitrogens with one attached hydrogen (secondary N) is 1. The maximum absolute atomic E-state index is 13.1. The lowest BCUT2D eigenvalue weighted by atomic mass is 9.84. The van der Waals surface area contributed by atoms with Crippen LogP contribution >= 0.6 is 0 Å². The van der Waals surface area contributed by atoms with E-state index in [0.29, 0.717) is 18.9 Å². The summed E-state index contributed by atoms with van der Waals surface area (Å²) in [5, 5.41) is 7.57. The molecule has 2 saturated heterocycles. The van der Waals surface area contributed by atoms with Gasteiger partial charge in [-0.2, -0.15) is 5.10 Å². The molecule has 7 heteroatoms. The van der Waals surface area contributed by atoms with Crippen LogP contribution in [0.2, 0.25) is 0 Å². The fourth-order valence-electron chi connectivity index (χ4n) is 3.71. The molecule has 2 fully saturated rings. The summed E-state index contributed by atoms with van der Waals surface area (Å²) in [4.78, 5) is 28.9. The number of piperazine rings is 1. The van der Waals surface area contributed by atoms with Crippen LogP contribution in [0.15, 0.2) is 12.4 Å². The second-order valence-corrected chi connectivity index (χ2v) is 6.68. The quantitative estimate of drug-likeness (QED) is 0.842. The summed E-state index contributed by atoms with van der Waals surface area (Å²) >= 11 is 0. The van der Waals surface area contributed by atoms with Gasteiger partial charge in [0.15, 0.2) is 0 Å². The highest BCUT2D eigenvalue weighted by molar-refractivity contribution is 5.85. The van der Waals surface area contributed by atoms with E-state index in [1.54, 1.807) is 22.8 Å². The largest absolute Gasteiger partial charge is 0.340 e. The Morgan fingerprint density at radius 3 is 2.83 bits per heavy atom. The first-order valence-corrected chi connectivity index (χ1v) is 8.23. The molecule has 0 unspecified atom stereocenters. The van der Waals surface area contributed by atoms with Gasteiger partial charge >= 0.3 is 0 Å². The third kappa shape index (κ3) is 3.10. The zero-order valence-corrected chi connectivity index (χ0v) is 14.0. The van der Waals surface area contributed by atoms with Crippen LogP contribution in [0.25, 0.3) is 0 Å². The van der Waals surface area contributed by atoms with Gasteiger partial charge in [0, 0.05) is 58.0 Å². The number of aryl methyl sites for hydroxylation is 1. The number of rotatable bonds is 2. The van der Waals surface area contributed by atoms with Gasteiger partial charge in [-0.05, 0) is 13.3 Å². The first-order valence-electron chi connectivity index (χ1n) is 8.23. The van der Waals surface area contributed by atoms with Crippen molar-refractivity contribution in [3.05, 3.63) is 18.0 Å². The molecule has 3 heterocycles. The average Bonchev–Trinajstić information content (AvgIpc) is 2.95. The van der Waals surface area contributed by atoms with E-state index in [0.717, 1.165) is 25.2 Å². The van der Waals surface area contributed by atoms with Crippen LogP contribution in [0.5, 0.6) is 0 Å². The minimum Gasteiger partial charge on any atom is -0.340 e. The molecule has 1 aromatic heterocycles. The molecule has 0 spiro atoms. The molecule has 1 N–H and O–H groups in total. The Hall–Kier alpha value is -1.89. The maximum Gasteiger partial charge on any atom is 0.228 e. The van der Waals surface area contributed by atoms with Gasteiger partial charge in [-0.1, -0.05) is 0 Å². The van der Waals surface area contributed by atoms with Crippen molar-refractivity contribution < 1.29 is 9.59 Å². The molecule has 2 aliphatic heterocycles. The second-order valence-electron chi connectivity index (χ2n) is 6.68. The highest BCUT2D eigenvalue weighted by Crippen LogP contribution is 2.36. The normalized spacial score (nSPS) is 29.0. The first kappa shape index (κ1) is 16.0. The van der Waals surface area contributed by atoms with Crippen molar-refractivity contribution >= 4 is 11.8 Å². The van der Waals surface area contributed by atoms with Gasteiger partial charge in [-0.15, -0.1) is 0 Å². The van der Waals surface area contributed by atoms with Crippen LogP contribution in [0.3, 0.4) is 0 Å². The lowest BCUT2D eigenvalue weighted by Gasteiger charge is -2.41. The molecule has 2 amide bonds.